The number of benzene rings is 2. The lowest BCUT2D eigenvalue weighted by Gasteiger charge is -2.36. The number of aryl methyl sites for hydroxylation is 1. The number of amides is 1. The van der Waals surface area contributed by atoms with Crippen LogP contribution in [-0.4, -0.2) is 19.1 Å². The summed E-state index contributed by atoms with van der Waals surface area (Å²) in [6.07, 6.45) is 1.47. The first-order valence-corrected chi connectivity index (χ1v) is 8.18. The van der Waals surface area contributed by atoms with Gasteiger partial charge in [0.2, 0.25) is 5.91 Å². The van der Waals surface area contributed by atoms with Gasteiger partial charge in [-0.1, -0.05) is 54.6 Å². The largest absolute Gasteiger partial charge is 0.381 e. The van der Waals surface area contributed by atoms with Gasteiger partial charge in [0.05, 0.1) is 5.41 Å². The van der Waals surface area contributed by atoms with Gasteiger partial charge in [0.25, 0.3) is 0 Å². The Bertz CT molecular complexity index is 660. The normalized spacial score (nSPS) is 16.7. The molecule has 0 radical (unpaired) electrons. The predicted octanol–water partition coefficient (Wildman–Crippen LogP) is 3.36. The lowest BCUT2D eigenvalue weighted by Crippen LogP contribution is -2.47. The molecule has 120 valence electrons. The Hall–Kier alpha value is -2.13. The van der Waals surface area contributed by atoms with E-state index in [2.05, 4.69) is 36.5 Å². The maximum Gasteiger partial charge on any atom is 0.231 e. The van der Waals surface area contributed by atoms with E-state index < -0.39 is 5.41 Å². The molecule has 3 heteroatoms. The van der Waals surface area contributed by atoms with Crippen LogP contribution in [0.5, 0.6) is 0 Å². The molecule has 1 N–H and O–H groups in total. The van der Waals surface area contributed by atoms with E-state index >= 15 is 0 Å². The lowest BCUT2D eigenvalue weighted by atomic mass is 9.73. The Kier molecular flexibility index (Phi) is 4.77. The zero-order valence-electron chi connectivity index (χ0n) is 13.5. The van der Waals surface area contributed by atoms with Crippen molar-refractivity contribution in [3.8, 4) is 0 Å². The van der Waals surface area contributed by atoms with Crippen molar-refractivity contribution < 1.29 is 9.53 Å². The van der Waals surface area contributed by atoms with Crippen LogP contribution in [0.1, 0.15) is 29.5 Å². The second kappa shape index (κ2) is 6.97. The molecule has 2 aromatic rings. The summed E-state index contributed by atoms with van der Waals surface area (Å²) in [4.78, 5) is 13.0. The van der Waals surface area contributed by atoms with Crippen LogP contribution in [0.15, 0.2) is 54.6 Å². The van der Waals surface area contributed by atoms with Crippen LogP contribution in [-0.2, 0) is 21.5 Å². The molecule has 0 unspecified atom stereocenters. The van der Waals surface area contributed by atoms with Crippen LogP contribution in [0.25, 0.3) is 0 Å². The van der Waals surface area contributed by atoms with Gasteiger partial charge in [0, 0.05) is 19.8 Å². The minimum absolute atomic E-state index is 0.107. The highest BCUT2D eigenvalue weighted by molar-refractivity contribution is 5.88. The van der Waals surface area contributed by atoms with Crippen LogP contribution < -0.4 is 5.32 Å². The fraction of sp³-hybridized carbons (Fsp3) is 0.350. The van der Waals surface area contributed by atoms with E-state index in [9.17, 15) is 4.79 Å². The number of ether oxygens (including phenoxy) is 1. The Morgan fingerprint density at radius 2 is 1.70 bits per heavy atom. The first-order chi connectivity index (χ1) is 11.2. The van der Waals surface area contributed by atoms with Gasteiger partial charge in [-0.05, 0) is 36.5 Å². The van der Waals surface area contributed by atoms with Crippen molar-refractivity contribution in [3.05, 3.63) is 71.3 Å². The van der Waals surface area contributed by atoms with Gasteiger partial charge in [-0.25, -0.2) is 0 Å². The summed E-state index contributed by atoms with van der Waals surface area (Å²) in [6, 6.07) is 18.3. The summed E-state index contributed by atoms with van der Waals surface area (Å²) >= 11 is 0. The molecular formula is C20H23NO2. The first-order valence-electron chi connectivity index (χ1n) is 8.18. The van der Waals surface area contributed by atoms with Crippen LogP contribution in [0.2, 0.25) is 0 Å². The Morgan fingerprint density at radius 3 is 2.39 bits per heavy atom. The molecule has 0 bridgehead atoms. The number of carbonyl (C=O) groups is 1. The van der Waals surface area contributed by atoms with Gasteiger partial charge in [-0.3, -0.25) is 4.79 Å². The highest BCUT2D eigenvalue weighted by Gasteiger charge is 2.41. The first kappa shape index (κ1) is 15.8. The summed E-state index contributed by atoms with van der Waals surface area (Å²) in [5.74, 6) is 0.107. The van der Waals surface area contributed by atoms with Crippen molar-refractivity contribution in [1.29, 1.82) is 0 Å². The summed E-state index contributed by atoms with van der Waals surface area (Å²) in [5, 5.41) is 3.15. The third-order valence-corrected chi connectivity index (χ3v) is 4.81. The molecule has 1 heterocycles. The third-order valence-electron chi connectivity index (χ3n) is 4.81. The quantitative estimate of drug-likeness (QED) is 0.940. The van der Waals surface area contributed by atoms with Gasteiger partial charge >= 0.3 is 0 Å². The number of carbonyl (C=O) groups excluding carboxylic acids is 1. The second-order valence-electron chi connectivity index (χ2n) is 6.17. The monoisotopic (exact) mass is 309 g/mol. The molecule has 1 fully saturated rings. The third kappa shape index (κ3) is 3.30. The average Bonchev–Trinajstić information content (AvgIpc) is 2.62. The molecular weight excluding hydrogens is 286 g/mol. The van der Waals surface area contributed by atoms with Crippen molar-refractivity contribution in [1.82, 2.24) is 5.32 Å². The van der Waals surface area contributed by atoms with E-state index in [1.165, 1.54) is 5.56 Å². The van der Waals surface area contributed by atoms with Crippen LogP contribution in [0.4, 0.5) is 0 Å². The molecule has 0 aromatic heterocycles. The van der Waals surface area contributed by atoms with E-state index in [1.54, 1.807) is 0 Å². The van der Waals surface area contributed by atoms with E-state index in [0.29, 0.717) is 19.8 Å². The molecule has 1 amide bonds. The fourth-order valence-corrected chi connectivity index (χ4v) is 3.28. The molecule has 2 aromatic carbocycles. The summed E-state index contributed by atoms with van der Waals surface area (Å²) in [5.41, 5.74) is 2.98. The average molecular weight is 309 g/mol. The van der Waals surface area contributed by atoms with Gasteiger partial charge in [-0.15, -0.1) is 0 Å². The highest BCUT2D eigenvalue weighted by Crippen LogP contribution is 2.35. The van der Waals surface area contributed by atoms with Crippen molar-refractivity contribution in [2.24, 2.45) is 0 Å². The molecule has 1 aliphatic rings. The molecule has 0 atom stereocenters. The number of nitrogens with one attached hydrogen (secondary N) is 1. The van der Waals surface area contributed by atoms with E-state index in [4.69, 9.17) is 4.74 Å². The molecule has 0 saturated carbocycles. The molecule has 0 spiro atoms. The fourth-order valence-electron chi connectivity index (χ4n) is 3.28. The number of rotatable bonds is 4. The molecule has 3 nitrogen and oxygen atoms in total. The Labute approximate surface area is 137 Å². The molecule has 23 heavy (non-hydrogen) atoms. The van der Waals surface area contributed by atoms with Gasteiger partial charge in [-0.2, -0.15) is 0 Å². The molecule has 3 rings (SSSR count). The maximum absolute atomic E-state index is 13.0. The predicted molar refractivity (Wildman–Crippen MR) is 91.2 cm³/mol. The van der Waals surface area contributed by atoms with Crippen molar-refractivity contribution in [2.75, 3.05) is 13.2 Å². The maximum atomic E-state index is 13.0. The summed E-state index contributed by atoms with van der Waals surface area (Å²) in [7, 11) is 0. The zero-order valence-corrected chi connectivity index (χ0v) is 13.5. The SMILES string of the molecule is Cc1ccccc1CNC(=O)C1(c2ccccc2)CCOCC1. The van der Waals surface area contributed by atoms with E-state index in [1.807, 2.05) is 30.3 Å². The highest BCUT2D eigenvalue weighted by atomic mass is 16.5. The number of hydrogen-bond donors (Lipinski definition) is 1. The topological polar surface area (TPSA) is 38.3 Å². The Morgan fingerprint density at radius 1 is 1.04 bits per heavy atom. The molecule has 1 aliphatic heterocycles. The van der Waals surface area contributed by atoms with Crippen LogP contribution >= 0.6 is 0 Å². The standard InChI is InChI=1S/C20H23NO2/c1-16-7-5-6-8-17(16)15-21-19(22)20(11-13-23-14-12-20)18-9-3-2-4-10-18/h2-10H,11-15H2,1H3,(H,21,22). The smallest absolute Gasteiger partial charge is 0.231 e. The van der Waals surface area contributed by atoms with Crippen molar-refractivity contribution >= 4 is 5.91 Å². The van der Waals surface area contributed by atoms with Crippen molar-refractivity contribution in [3.63, 3.8) is 0 Å². The van der Waals surface area contributed by atoms with Crippen molar-refractivity contribution in [2.45, 2.75) is 31.7 Å². The van der Waals surface area contributed by atoms with Crippen LogP contribution in [0, 0.1) is 6.92 Å². The zero-order chi connectivity index (χ0) is 16.1. The van der Waals surface area contributed by atoms with Gasteiger partial charge in [0.1, 0.15) is 0 Å². The summed E-state index contributed by atoms with van der Waals surface area (Å²) in [6.45, 7) is 3.91. The minimum Gasteiger partial charge on any atom is -0.381 e. The minimum atomic E-state index is -0.470. The summed E-state index contributed by atoms with van der Waals surface area (Å²) < 4.78 is 5.50. The van der Waals surface area contributed by atoms with E-state index in [0.717, 1.165) is 24.0 Å². The van der Waals surface area contributed by atoms with E-state index in [-0.39, 0.29) is 5.91 Å². The molecule has 0 aliphatic carbocycles. The van der Waals surface area contributed by atoms with Crippen LogP contribution in [0.3, 0.4) is 0 Å². The number of hydrogen-bond acceptors (Lipinski definition) is 2. The Balaban J connectivity index is 1.80. The second-order valence-corrected chi connectivity index (χ2v) is 6.17. The lowest BCUT2D eigenvalue weighted by molar-refractivity contribution is -0.130. The van der Waals surface area contributed by atoms with Gasteiger partial charge < -0.3 is 10.1 Å². The molecule has 1 saturated heterocycles. The van der Waals surface area contributed by atoms with Gasteiger partial charge in [0.15, 0.2) is 0 Å².